The first-order chi connectivity index (χ1) is 12.1. The average molecular weight is 337 g/mol. The molecule has 2 aromatic carbocycles. The lowest BCUT2D eigenvalue weighted by molar-refractivity contribution is -0.704. The predicted molar refractivity (Wildman–Crippen MR) is 101 cm³/mol. The van der Waals surface area contributed by atoms with Crippen molar-refractivity contribution in [3.63, 3.8) is 0 Å². The van der Waals surface area contributed by atoms with Crippen molar-refractivity contribution >= 4 is 5.91 Å². The molecule has 3 N–H and O–H groups in total. The first-order valence-corrected chi connectivity index (χ1v) is 9.40. The SMILES string of the molecule is Cc1ccc([C@@H]([NH2+][C@@H](C)C(=O)NC2CCCC2)c2ccccc2)cc1. The number of hydrogen-bond acceptors (Lipinski definition) is 1. The molecular weight excluding hydrogens is 308 g/mol. The van der Waals surface area contributed by atoms with Gasteiger partial charge < -0.3 is 10.6 Å². The molecule has 0 bridgehead atoms. The molecule has 132 valence electrons. The summed E-state index contributed by atoms with van der Waals surface area (Å²) in [5.74, 6) is 0.153. The average Bonchev–Trinajstić information content (AvgIpc) is 3.14. The number of nitrogens with one attached hydrogen (secondary N) is 1. The van der Waals surface area contributed by atoms with E-state index < -0.39 is 0 Å². The Hall–Kier alpha value is -2.13. The second-order valence-electron chi connectivity index (χ2n) is 7.27. The van der Waals surface area contributed by atoms with Gasteiger partial charge in [-0.25, -0.2) is 0 Å². The van der Waals surface area contributed by atoms with Gasteiger partial charge in [-0.2, -0.15) is 0 Å². The zero-order valence-electron chi connectivity index (χ0n) is 15.2. The number of carbonyl (C=O) groups excluding carboxylic acids is 1. The highest BCUT2D eigenvalue weighted by atomic mass is 16.2. The largest absolute Gasteiger partial charge is 0.348 e. The van der Waals surface area contributed by atoms with Crippen molar-refractivity contribution < 1.29 is 10.1 Å². The molecule has 0 saturated heterocycles. The highest BCUT2D eigenvalue weighted by Gasteiger charge is 2.27. The third kappa shape index (κ3) is 4.70. The van der Waals surface area contributed by atoms with Gasteiger partial charge in [-0.1, -0.05) is 73.0 Å². The summed E-state index contributed by atoms with van der Waals surface area (Å²) in [6.07, 6.45) is 4.72. The number of benzene rings is 2. The maximum atomic E-state index is 12.6. The van der Waals surface area contributed by atoms with Crippen molar-refractivity contribution in [2.24, 2.45) is 0 Å². The van der Waals surface area contributed by atoms with E-state index in [0.717, 1.165) is 12.8 Å². The molecule has 1 aliphatic carbocycles. The van der Waals surface area contributed by atoms with Crippen LogP contribution in [0.25, 0.3) is 0 Å². The minimum Gasteiger partial charge on any atom is -0.348 e. The van der Waals surface area contributed by atoms with E-state index in [9.17, 15) is 4.79 Å². The maximum Gasteiger partial charge on any atom is 0.278 e. The number of amides is 1. The standard InChI is InChI=1S/C22H28N2O/c1-16-12-14-19(15-13-16)21(18-8-4-3-5-9-18)23-17(2)22(25)24-20-10-6-7-11-20/h3-5,8-9,12-15,17,20-21,23H,6-7,10-11H2,1-2H3,(H,24,25)/p+1/t17-,21-/m0/s1. The Balaban J connectivity index is 1.75. The van der Waals surface area contributed by atoms with Crippen molar-refractivity contribution in [1.82, 2.24) is 5.32 Å². The highest BCUT2D eigenvalue weighted by Crippen LogP contribution is 2.20. The van der Waals surface area contributed by atoms with E-state index in [4.69, 9.17) is 0 Å². The molecule has 1 aliphatic rings. The summed E-state index contributed by atoms with van der Waals surface area (Å²) >= 11 is 0. The summed E-state index contributed by atoms with van der Waals surface area (Å²) in [4.78, 5) is 12.6. The zero-order chi connectivity index (χ0) is 17.6. The molecule has 25 heavy (non-hydrogen) atoms. The molecule has 0 heterocycles. The molecule has 1 amide bonds. The van der Waals surface area contributed by atoms with Gasteiger partial charge in [-0.05, 0) is 26.7 Å². The maximum absolute atomic E-state index is 12.6. The Morgan fingerprint density at radius 3 is 2.24 bits per heavy atom. The van der Waals surface area contributed by atoms with Crippen LogP contribution in [0, 0.1) is 6.92 Å². The van der Waals surface area contributed by atoms with Crippen molar-refractivity contribution in [2.75, 3.05) is 0 Å². The van der Waals surface area contributed by atoms with Gasteiger partial charge in [-0.15, -0.1) is 0 Å². The molecular formula is C22H29N2O+. The van der Waals surface area contributed by atoms with Crippen molar-refractivity contribution in [3.8, 4) is 0 Å². The summed E-state index contributed by atoms with van der Waals surface area (Å²) in [5.41, 5.74) is 3.71. The highest BCUT2D eigenvalue weighted by molar-refractivity contribution is 5.80. The van der Waals surface area contributed by atoms with Gasteiger partial charge in [0.1, 0.15) is 6.04 Å². The normalized spacial score (nSPS) is 17.2. The van der Waals surface area contributed by atoms with Crippen LogP contribution in [-0.4, -0.2) is 18.0 Å². The molecule has 3 nitrogen and oxygen atoms in total. The van der Waals surface area contributed by atoms with Gasteiger partial charge in [-0.3, -0.25) is 4.79 Å². The molecule has 1 fully saturated rings. The van der Waals surface area contributed by atoms with Gasteiger partial charge in [0, 0.05) is 17.2 Å². The van der Waals surface area contributed by atoms with Crippen LogP contribution in [-0.2, 0) is 4.79 Å². The minimum atomic E-state index is -0.118. The summed E-state index contributed by atoms with van der Waals surface area (Å²) in [5, 5.41) is 5.41. The number of quaternary nitrogens is 1. The Labute approximate surface area is 150 Å². The lowest BCUT2D eigenvalue weighted by Crippen LogP contribution is -2.93. The van der Waals surface area contributed by atoms with Crippen LogP contribution in [0.2, 0.25) is 0 Å². The summed E-state index contributed by atoms with van der Waals surface area (Å²) in [6, 6.07) is 19.5. The van der Waals surface area contributed by atoms with Gasteiger partial charge in [0.05, 0.1) is 0 Å². The Morgan fingerprint density at radius 2 is 1.60 bits per heavy atom. The molecule has 2 atom stereocenters. The third-order valence-corrected chi connectivity index (χ3v) is 5.19. The van der Waals surface area contributed by atoms with E-state index in [1.165, 1.54) is 29.5 Å². The predicted octanol–water partition coefficient (Wildman–Crippen LogP) is 3.10. The van der Waals surface area contributed by atoms with Crippen LogP contribution >= 0.6 is 0 Å². The smallest absolute Gasteiger partial charge is 0.278 e. The second-order valence-corrected chi connectivity index (χ2v) is 7.27. The monoisotopic (exact) mass is 337 g/mol. The Morgan fingerprint density at radius 1 is 1.00 bits per heavy atom. The molecule has 3 rings (SSSR count). The lowest BCUT2D eigenvalue weighted by atomic mass is 9.97. The number of hydrogen-bond donors (Lipinski definition) is 2. The molecule has 0 radical (unpaired) electrons. The first kappa shape index (κ1) is 17.7. The topological polar surface area (TPSA) is 45.7 Å². The van der Waals surface area contributed by atoms with Crippen LogP contribution in [0.3, 0.4) is 0 Å². The minimum absolute atomic E-state index is 0.118. The van der Waals surface area contributed by atoms with Crippen LogP contribution in [0.1, 0.15) is 55.3 Å². The zero-order valence-corrected chi connectivity index (χ0v) is 15.2. The molecule has 0 aromatic heterocycles. The quantitative estimate of drug-likeness (QED) is 0.836. The molecule has 0 aliphatic heterocycles. The fraction of sp³-hybridized carbons (Fsp3) is 0.409. The molecule has 1 saturated carbocycles. The molecule has 3 heteroatoms. The number of aryl methyl sites for hydroxylation is 1. The van der Waals surface area contributed by atoms with Crippen molar-refractivity contribution in [1.29, 1.82) is 0 Å². The summed E-state index contributed by atoms with van der Waals surface area (Å²) in [6.45, 7) is 4.11. The van der Waals surface area contributed by atoms with Crippen LogP contribution < -0.4 is 10.6 Å². The van der Waals surface area contributed by atoms with Gasteiger partial charge in [0.15, 0.2) is 6.04 Å². The van der Waals surface area contributed by atoms with Crippen LogP contribution in [0.4, 0.5) is 0 Å². The van der Waals surface area contributed by atoms with Crippen LogP contribution in [0.15, 0.2) is 54.6 Å². The fourth-order valence-corrected chi connectivity index (χ4v) is 3.63. The van der Waals surface area contributed by atoms with E-state index in [2.05, 4.69) is 66.1 Å². The van der Waals surface area contributed by atoms with E-state index in [0.29, 0.717) is 6.04 Å². The Bertz CT molecular complexity index is 675. The number of carbonyl (C=O) groups is 1. The molecule has 2 aromatic rings. The number of nitrogens with two attached hydrogens (primary N) is 1. The van der Waals surface area contributed by atoms with E-state index in [-0.39, 0.29) is 18.0 Å². The van der Waals surface area contributed by atoms with E-state index in [1.54, 1.807) is 0 Å². The first-order valence-electron chi connectivity index (χ1n) is 9.40. The summed E-state index contributed by atoms with van der Waals surface area (Å²) < 4.78 is 0. The third-order valence-electron chi connectivity index (χ3n) is 5.19. The van der Waals surface area contributed by atoms with Gasteiger partial charge in [0.25, 0.3) is 5.91 Å². The number of rotatable bonds is 6. The van der Waals surface area contributed by atoms with Crippen molar-refractivity contribution in [3.05, 3.63) is 71.3 Å². The lowest BCUT2D eigenvalue weighted by Gasteiger charge is -2.22. The van der Waals surface area contributed by atoms with Crippen molar-refractivity contribution in [2.45, 2.75) is 57.7 Å². The van der Waals surface area contributed by atoms with Gasteiger partial charge >= 0.3 is 0 Å². The molecule has 0 spiro atoms. The fourth-order valence-electron chi connectivity index (χ4n) is 3.63. The molecule has 0 unspecified atom stereocenters. The van der Waals surface area contributed by atoms with E-state index >= 15 is 0 Å². The van der Waals surface area contributed by atoms with E-state index in [1.807, 2.05) is 13.0 Å². The van der Waals surface area contributed by atoms with Gasteiger partial charge in [0.2, 0.25) is 0 Å². The van der Waals surface area contributed by atoms with Crippen LogP contribution in [0.5, 0.6) is 0 Å². The Kier molecular flexibility index (Phi) is 5.87. The summed E-state index contributed by atoms with van der Waals surface area (Å²) in [7, 11) is 0. The second kappa shape index (κ2) is 8.30.